The van der Waals surface area contributed by atoms with Crippen LogP contribution >= 0.6 is 0 Å². The van der Waals surface area contributed by atoms with Gasteiger partial charge in [-0.15, -0.1) is 0 Å². The molecule has 0 radical (unpaired) electrons. The molecule has 5 heteroatoms. The van der Waals surface area contributed by atoms with Crippen LogP contribution < -0.4 is 0 Å². The molecule has 4 rings (SSSR count). The number of carbonyl (C=O) groups is 1. The average Bonchev–Trinajstić information content (AvgIpc) is 3.29. The molecular formula is C23H32N4O. The van der Waals surface area contributed by atoms with Crippen molar-refractivity contribution in [3.63, 3.8) is 0 Å². The molecule has 28 heavy (non-hydrogen) atoms. The van der Waals surface area contributed by atoms with E-state index < -0.39 is 0 Å². The lowest BCUT2D eigenvalue weighted by atomic mass is 9.92. The zero-order valence-corrected chi connectivity index (χ0v) is 16.9. The molecule has 150 valence electrons. The Morgan fingerprint density at radius 3 is 2.50 bits per heavy atom. The Balaban J connectivity index is 1.28. The molecule has 0 bridgehead atoms. The van der Waals surface area contributed by atoms with Crippen LogP contribution in [0.1, 0.15) is 49.7 Å². The van der Waals surface area contributed by atoms with Crippen LogP contribution in [0.4, 0.5) is 0 Å². The van der Waals surface area contributed by atoms with Crippen LogP contribution in [0.5, 0.6) is 0 Å². The number of hydrogen-bond acceptors (Lipinski definition) is 4. The number of piperidine rings is 2. The molecule has 1 aromatic rings. The summed E-state index contributed by atoms with van der Waals surface area (Å²) in [5, 5.41) is 9.30. The van der Waals surface area contributed by atoms with Gasteiger partial charge in [-0.3, -0.25) is 14.6 Å². The quantitative estimate of drug-likeness (QED) is 0.806. The molecule has 3 aliphatic rings. The number of hydrogen-bond donors (Lipinski definition) is 0. The Morgan fingerprint density at radius 2 is 1.75 bits per heavy atom. The zero-order chi connectivity index (χ0) is 19.3. The van der Waals surface area contributed by atoms with Gasteiger partial charge in [-0.2, -0.15) is 5.26 Å². The third kappa shape index (κ3) is 4.39. The first kappa shape index (κ1) is 19.4. The van der Waals surface area contributed by atoms with Gasteiger partial charge >= 0.3 is 0 Å². The Morgan fingerprint density at radius 1 is 1.00 bits per heavy atom. The van der Waals surface area contributed by atoms with Crippen molar-refractivity contribution < 1.29 is 4.79 Å². The van der Waals surface area contributed by atoms with Crippen molar-refractivity contribution in [2.45, 2.75) is 51.1 Å². The molecule has 3 heterocycles. The highest BCUT2D eigenvalue weighted by Gasteiger charge is 2.34. The van der Waals surface area contributed by atoms with Crippen LogP contribution in [-0.4, -0.2) is 65.9 Å². The number of carbonyl (C=O) groups excluding carboxylic acids is 1. The van der Waals surface area contributed by atoms with Gasteiger partial charge in [0.25, 0.3) is 0 Å². The third-order valence-electron chi connectivity index (χ3n) is 6.83. The molecule has 0 aliphatic carbocycles. The SMILES string of the molecule is N#Cc1ccccc1CN1CCC(N2CCC[C@@H](C(=O)N3CCCC3)C2)CC1. The smallest absolute Gasteiger partial charge is 0.226 e. The van der Waals surface area contributed by atoms with E-state index in [0.29, 0.717) is 11.9 Å². The highest BCUT2D eigenvalue weighted by Crippen LogP contribution is 2.26. The molecule has 0 spiro atoms. The average molecular weight is 381 g/mol. The lowest BCUT2D eigenvalue weighted by molar-refractivity contribution is -0.136. The van der Waals surface area contributed by atoms with Gasteiger partial charge in [0.1, 0.15) is 0 Å². The second-order valence-electron chi connectivity index (χ2n) is 8.64. The molecule has 0 saturated carbocycles. The monoisotopic (exact) mass is 380 g/mol. The van der Waals surface area contributed by atoms with Crippen LogP contribution in [0.3, 0.4) is 0 Å². The topological polar surface area (TPSA) is 50.6 Å². The number of nitriles is 1. The number of rotatable bonds is 4. The normalized spacial score (nSPS) is 25.0. The van der Waals surface area contributed by atoms with Crippen molar-refractivity contribution in [3.8, 4) is 6.07 Å². The number of nitrogens with zero attached hydrogens (tertiary/aromatic N) is 4. The summed E-state index contributed by atoms with van der Waals surface area (Å²) in [4.78, 5) is 20.0. The summed E-state index contributed by atoms with van der Waals surface area (Å²) in [5.41, 5.74) is 1.93. The summed E-state index contributed by atoms with van der Waals surface area (Å²) in [6.45, 7) is 7.06. The van der Waals surface area contributed by atoms with Gasteiger partial charge in [0.2, 0.25) is 5.91 Å². The fraction of sp³-hybridized carbons (Fsp3) is 0.652. The van der Waals surface area contributed by atoms with E-state index in [0.717, 1.165) is 69.8 Å². The molecule has 0 N–H and O–H groups in total. The first-order valence-corrected chi connectivity index (χ1v) is 11.0. The Hall–Kier alpha value is -1.90. The molecule has 1 amide bonds. The summed E-state index contributed by atoms with van der Waals surface area (Å²) in [6, 6.07) is 10.9. The molecule has 3 saturated heterocycles. The standard InChI is InChI=1S/C23H32N4O/c24-16-19-6-1-2-7-20(19)17-25-14-9-22(10-15-25)27-13-5-8-21(18-27)23(28)26-11-3-4-12-26/h1-2,6-7,21-22H,3-5,8-15,17-18H2/t21-/m1/s1. The highest BCUT2D eigenvalue weighted by molar-refractivity contribution is 5.79. The maximum Gasteiger partial charge on any atom is 0.226 e. The van der Waals surface area contributed by atoms with Gasteiger partial charge < -0.3 is 4.90 Å². The van der Waals surface area contributed by atoms with Crippen molar-refractivity contribution in [1.29, 1.82) is 5.26 Å². The Kier molecular flexibility index (Phi) is 6.29. The van der Waals surface area contributed by atoms with Crippen molar-refractivity contribution in [1.82, 2.24) is 14.7 Å². The summed E-state index contributed by atoms with van der Waals surface area (Å²) in [6.07, 6.45) is 6.90. The predicted octanol–water partition coefficient (Wildman–Crippen LogP) is 2.86. The van der Waals surface area contributed by atoms with Crippen molar-refractivity contribution >= 4 is 5.91 Å². The maximum atomic E-state index is 12.8. The maximum absolute atomic E-state index is 12.8. The van der Waals surface area contributed by atoms with E-state index in [1.54, 1.807) is 0 Å². The van der Waals surface area contributed by atoms with Crippen LogP contribution in [0, 0.1) is 17.2 Å². The summed E-state index contributed by atoms with van der Waals surface area (Å²) in [7, 11) is 0. The van der Waals surface area contributed by atoms with Crippen LogP contribution in [-0.2, 0) is 11.3 Å². The van der Waals surface area contributed by atoms with E-state index in [4.69, 9.17) is 0 Å². The van der Waals surface area contributed by atoms with E-state index in [-0.39, 0.29) is 5.92 Å². The van der Waals surface area contributed by atoms with Crippen LogP contribution in [0.15, 0.2) is 24.3 Å². The third-order valence-corrected chi connectivity index (χ3v) is 6.83. The van der Waals surface area contributed by atoms with Gasteiger partial charge in [-0.05, 0) is 69.8 Å². The van der Waals surface area contributed by atoms with Gasteiger partial charge in [-0.25, -0.2) is 0 Å². The molecular weight excluding hydrogens is 348 g/mol. The van der Waals surface area contributed by atoms with Gasteiger partial charge in [0, 0.05) is 32.2 Å². The number of likely N-dealkylation sites (tertiary alicyclic amines) is 3. The van der Waals surface area contributed by atoms with Gasteiger partial charge in [0.15, 0.2) is 0 Å². The van der Waals surface area contributed by atoms with E-state index in [1.807, 2.05) is 18.2 Å². The van der Waals surface area contributed by atoms with Gasteiger partial charge in [-0.1, -0.05) is 18.2 Å². The number of amides is 1. The molecule has 0 unspecified atom stereocenters. The lowest BCUT2D eigenvalue weighted by Crippen LogP contribution is -2.51. The predicted molar refractivity (Wildman–Crippen MR) is 110 cm³/mol. The minimum absolute atomic E-state index is 0.215. The molecule has 3 fully saturated rings. The second-order valence-corrected chi connectivity index (χ2v) is 8.64. The van der Waals surface area contributed by atoms with Crippen molar-refractivity contribution in [2.75, 3.05) is 39.3 Å². The first-order valence-electron chi connectivity index (χ1n) is 11.0. The largest absolute Gasteiger partial charge is 0.342 e. The van der Waals surface area contributed by atoms with Crippen LogP contribution in [0.25, 0.3) is 0 Å². The summed E-state index contributed by atoms with van der Waals surface area (Å²) >= 11 is 0. The molecule has 0 aromatic heterocycles. The van der Waals surface area contributed by atoms with E-state index in [9.17, 15) is 10.1 Å². The lowest BCUT2D eigenvalue weighted by Gasteiger charge is -2.42. The van der Waals surface area contributed by atoms with Gasteiger partial charge in [0.05, 0.1) is 17.6 Å². The van der Waals surface area contributed by atoms with Crippen LogP contribution in [0.2, 0.25) is 0 Å². The van der Waals surface area contributed by atoms with Crippen molar-refractivity contribution in [3.05, 3.63) is 35.4 Å². The molecule has 1 atom stereocenters. The second kappa shape index (κ2) is 9.07. The summed E-state index contributed by atoms with van der Waals surface area (Å²) in [5.74, 6) is 0.625. The minimum atomic E-state index is 0.215. The van der Waals surface area contributed by atoms with Crippen molar-refractivity contribution in [2.24, 2.45) is 5.92 Å². The molecule has 3 aliphatic heterocycles. The Bertz CT molecular complexity index is 714. The zero-order valence-electron chi connectivity index (χ0n) is 16.9. The van der Waals surface area contributed by atoms with E-state index >= 15 is 0 Å². The van der Waals surface area contributed by atoms with E-state index in [2.05, 4.69) is 26.8 Å². The minimum Gasteiger partial charge on any atom is -0.342 e. The number of benzene rings is 1. The highest BCUT2D eigenvalue weighted by atomic mass is 16.2. The summed E-state index contributed by atoms with van der Waals surface area (Å²) < 4.78 is 0. The fourth-order valence-electron chi connectivity index (χ4n) is 5.19. The van der Waals surface area contributed by atoms with E-state index in [1.165, 1.54) is 25.7 Å². The fourth-order valence-corrected chi connectivity index (χ4v) is 5.19. The Labute approximate surface area is 168 Å². The molecule has 5 nitrogen and oxygen atoms in total. The first-order chi connectivity index (χ1) is 13.7. The molecule has 1 aromatic carbocycles.